The summed E-state index contributed by atoms with van der Waals surface area (Å²) in [6, 6.07) is 14.1. The van der Waals surface area contributed by atoms with E-state index in [1.807, 2.05) is 32.0 Å². The molecule has 1 atom stereocenters. The number of nitrogens with zero attached hydrogens (tertiary/aromatic N) is 1. The Balaban J connectivity index is 1.80. The SMILES string of the molecule is Cc1cccc(NC(=O)c2ccccc2NS(=O)(=O)N2CCCC(C)C2)c1. The second-order valence-electron chi connectivity index (χ2n) is 7.08. The molecule has 2 N–H and O–H groups in total. The predicted octanol–water partition coefficient (Wildman–Crippen LogP) is 3.64. The molecule has 1 aliphatic rings. The number of rotatable bonds is 5. The Hall–Kier alpha value is -2.38. The molecule has 0 aliphatic carbocycles. The summed E-state index contributed by atoms with van der Waals surface area (Å²) in [5.41, 5.74) is 2.26. The fourth-order valence-electron chi connectivity index (χ4n) is 3.26. The van der Waals surface area contributed by atoms with Gasteiger partial charge in [-0.1, -0.05) is 31.2 Å². The average molecular weight is 388 g/mol. The average Bonchev–Trinajstić information content (AvgIpc) is 2.62. The van der Waals surface area contributed by atoms with Crippen molar-refractivity contribution in [3.8, 4) is 0 Å². The molecule has 144 valence electrons. The number of nitrogens with one attached hydrogen (secondary N) is 2. The summed E-state index contributed by atoms with van der Waals surface area (Å²) in [5, 5.41) is 2.82. The van der Waals surface area contributed by atoms with Crippen LogP contribution in [0.5, 0.6) is 0 Å². The van der Waals surface area contributed by atoms with Crippen LogP contribution in [0.3, 0.4) is 0 Å². The molecule has 1 saturated heterocycles. The Morgan fingerprint density at radius 2 is 1.93 bits per heavy atom. The van der Waals surface area contributed by atoms with Crippen LogP contribution < -0.4 is 10.0 Å². The molecule has 1 fully saturated rings. The van der Waals surface area contributed by atoms with Crippen molar-refractivity contribution in [1.29, 1.82) is 0 Å². The fourth-order valence-corrected chi connectivity index (χ4v) is 4.66. The van der Waals surface area contributed by atoms with Crippen LogP contribution in [0.1, 0.15) is 35.7 Å². The first-order valence-corrected chi connectivity index (χ1v) is 10.5. The van der Waals surface area contributed by atoms with Crippen LogP contribution in [0.2, 0.25) is 0 Å². The number of benzene rings is 2. The van der Waals surface area contributed by atoms with Gasteiger partial charge in [-0.05, 0) is 55.5 Å². The van der Waals surface area contributed by atoms with E-state index in [1.165, 1.54) is 4.31 Å². The first-order valence-electron chi connectivity index (χ1n) is 9.10. The summed E-state index contributed by atoms with van der Waals surface area (Å²) >= 11 is 0. The van der Waals surface area contributed by atoms with Gasteiger partial charge in [0.05, 0.1) is 11.3 Å². The van der Waals surface area contributed by atoms with Gasteiger partial charge >= 0.3 is 10.2 Å². The Morgan fingerprint density at radius 1 is 1.15 bits per heavy atom. The van der Waals surface area contributed by atoms with E-state index in [0.717, 1.165) is 18.4 Å². The minimum atomic E-state index is -3.70. The number of hydrogen-bond acceptors (Lipinski definition) is 3. The smallest absolute Gasteiger partial charge is 0.301 e. The van der Waals surface area contributed by atoms with Crippen LogP contribution in [0.4, 0.5) is 11.4 Å². The fraction of sp³-hybridized carbons (Fsp3) is 0.350. The van der Waals surface area contributed by atoms with Gasteiger partial charge in [0.15, 0.2) is 0 Å². The number of aryl methyl sites for hydroxylation is 1. The third-order valence-electron chi connectivity index (χ3n) is 4.65. The van der Waals surface area contributed by atoms with Crippen LogP contribution in [0, 0.1) is 12.8 Å². The molecule has 0 saturated carbocycles. The normalized spacial score (nSPS) is 18.1. The van der Waals surface area contributed by atoms with Crippen LogP contribution >= 0.6 is 0 Å². The van der Waals surface area contributed by atoms with E-state index in [9.17, 15) is 13.2 Å². The lowest BCUT2D eigenvalue weighted by Gasteiger charge is -2.30. The van der Waals surface area contributed by atoms with E-state index >= 15 is 0 Å². The summed E-state index contributed by atoms with van der Waals surface area (Å²) in [7, 11) is -3.70. The summed E-state index contributed by atoms with van der Waals surface area (Å²) in [6.45, 7) is 4.98. The first-order chi connectivity index (χ1) is 12.8. The zero-order valence-corrected chi connectivity index (χ0v) is 16.4. The van der Waals surface area contributed by atoms with Gasteiger partial charge in [-0.3, -0.25) is 9.52 Å². The first kappa shape index (κ1) is 19.4. The summed E-state index contributed by atoms with van der Waals surface area (Å²) in [4.78, 5) is 12.7. The summed E-state index contributed by atoms with van der Waals surface area (Å²) in [6.07, 6.45) is 1.87. The van der Waals surface area contributed by atoms with Gasteiger partial charge in [-0.25, -0.2) is 0 Å². The van der Waals surface area contributed by atoms with E-state index < -0.39 is 10.2 Å². The highest BCUT2D eigenvalue weighted by atomic mass is 32.2. The van der Waals surface area contributed by atoms with Gasteiger partial charge in [-0.2, -0.15) is 12.7 Å². The molecule has 0 spiro atoms. The van der Waals surface area contributed by atoms with E-state index in [-0.39, 0.29) is 17.2 Å². The van der Waals surface area contributed by atoms with Crippen molar-refractivity contribution in [2.75, 3.05) is 23.1 Å². The van der Waals surface area contributed by atoms with Crippen molar-refractivity contribution >= 4 is 27.5 Å². The van der Waals surface area contributed by atoms with E-state index in [0.29, 0.717) is 24.7 Å². The van der Waals surface area contributed by atoms with Gasteiger partial charge in [0.1, 0.15) is 0 Å². The molecule has 1 amide bonds. The summed E-state index contributed by atoms with van der Waals surface area (Å²) in [5.74, 6) is -0.0268. The maximum absolute atomic E-state index is 12.8. The minimum absolute atomic E-state index is 0.279. The van der Waals surface area contributed by atoms with Crippen LogP contribution in [0.25, 0.3) is 0 Å². The standard InChI is InChI=1S/C20H25N3O3S/c1-15-7-5-9-17(13-15)21-20(24)18-10-3-4-11-19(18)22-27(25,26)23-12-6-8-16(2)14-23/h3-5,7,9-11,13,16,22H,6,8,12,14H2,1-2H3,(H,21,24). The van der Waals surface area contributed by atoms with Gasteiger partial charge in [0.25, 0.3) is 5.91 Å². The van der Waals surface area contributed by atoms with E-state index in [2.05, 4.69) is 10.0 Å². The Kier molecular flexibility index (Phi) is 5.82. The zero-order chi connectivity index (χ0) is 19.4. The van der Waals surface area contributed by atoms with Gasteiger partial charge in [-0.15, -0.1) is 0 Å². The van der Waals surface area contributed by atoms with Crippen molar-refractivity contribution < 1.29 is 13.2 Å². The molecule has 0 bridgehead atoms. The molecule has 1 heterocycles. The molecule has 2 aromatic carbocycles. The molecule has 0 aromatic heterocycles. The lowest BCUT2D eigenvalue weighted by molar-refractivity contribution is 0.102. The largest absolute Gasteiger partial charge is 0.322 e. The molecule has 27 heavy (non-hydrogen) atoms. The highest BCUT2D eigenvalue weighted by molar-refractivity contribution is 7.90. The second-order valence-corrected chi connectivity index (χ2v) is 8.75. The number of piperidine rings is 1. The maximum atomic E-state index is 12.8. The third-order valence-corrected chi connectivity index (χ3v) is 6.14. The van der Waals surface area contributed by atoms with Crippen molar-refractivity contribution in [2.45, 2.75) is 26.7 Å². The number of amides is 1. The van der Waals surface area contributed by atoms with Crippen LogP contribution in [0.15, 0.2) is 48.5 Å². The highest BCUT2D eigenvalue weighted by Gasteiger charge is 2.28. The molecule has 2 aromatic rings. The molecular formula is C20H25N3O3S. The molecule has 0 radical (unpaired) electrons. The number of carbonyl (C=O) groups excluding carboxylic acids is 1. The lowest BCUT2D eigenvalue weighted by atomic mass is 10.0. The molecular weight excluding hydrogens is 362 g/mol. The lowest BCUT2D eigenvalue weighted by Crippen LogP contribution is -2.42. The molecule has 3 rings (SSSR count). The maximum Gasteiger partial charge on any atom is 0.301 e. The van der Waals surface area contributed by atoms with Crippen molar-refractivity contribution in [3.63, 3.8) is 0 Å². The molecule has 7 heteroatoms. The van der Waals surface area contributed by atoms with E-state index in [4.69, 9.17) is 0 Å². The van der Waals surface area contributed by atoms with Crippen LogP contribution in [-0.4, -0.2) is 31.7 Å². The predicted molar refractivity (Wildman–Crippen MR) is 108 cm³/mol. The van der Waals surface area contributed by atoms with Gasteiger partial charge in [0, 0.05) is 18.8 Å². The Bertz CT molecular complexity index is 928. The minimum Gasteiger partial charge on any atom is -0.322 e. The van der Waals surface area contributed by atoms with Crippen LogP contribution in [-0.2, 0) is 10.2 Å². The van der Waals surface area contributed by atoms with Crippen molar-refractivity contribution in [3.05, 3.63) is 59.7 Å². The molecule has 6 nitrogen and oxygen atoms in total. The monoisotopic (exact) mass is 387 g/mol. The van der Waals surface area contributed by atoms with Crippen molar-refractivity contribution in [1.82, 2.24) is 4.31 Å². The Labute approximate surface area is 160 Å². The molecule has 1 unspecified atom stereocenters. The number of anilines is 2. The highest BCUT2D eigenvalue weighted by Crippen LogP contribution is 2.23. The van der Waals surface area contributed by atoms with E-state index in [1.54, 1.807) is 30.3 Å². The Morgan fingerprint density at radius 3 is 2.67 bits per heavy atom. The molecule has 1 aliphatic heterocycles. The number of hydrogen-bond donors (Lipinski definition) is 2. The topological polar surface area (TPSA) is 78.5 Å². The zero-order valence-electron chi connectivity index (χ0n) is 15.6. The third kappa shape index (κ3) is 4.87. The quantitative estimate of drug-likeness (QED) is 0.822. The second kappa shape index (κ2) is 8.10. The van der Waals surface area contributed by atoms with Crippen molar-refractivity contribution in [2.24, 2.45) is 5.92 Å². The number of para-hydroxylation sites is 1. The van der Waals surface area contributed by atoms with Gasteiger partial charge < -0.3 is 5.32 Å². The van der Waals surface area contributed by atoms with Gasteiger partial charge in [0.2, 0.25) is 0 Å². The number of carbonyl (C=O) groups is 1. The summed E-state index contributed by atoms with van der Waals surface area (Å²) < 4.78 is 29.6.